The van der Waals surface area contributed by atoms with E-state index < -0.39 is 24.3 Å². The summed E-state index contributed by atoms with van der Waals surface area (Å²) in [6.45, 7) is 2.00. The van der Waals surface area contributed by atoms with Crippen LogP contribution in [0.2, 0.25) is 0 Å². The van der Waals surface area contributed by atoms with E-state index in [4.69, 9.17) is 30.0 Å². The zero-order valence-electron chi connectivity index (χ0n) is 24.2. The Morgan fingerprint density at radius 3 is 1.91 bits per heavy atom. The van der Waals surface area contributed by atoms with Crippen LogP contribution in [-0.4, -0.2) is 73.6 Å². The molecule has 1 fully saturated rings. The van der Waals surface area contributed by atoms with E-state index in [-0.39, 0.29) is 5.91 Å². The number of carbonyl (C=O) groups is 3. The molecular weight excluding hydrogens is 640 g/mol. The fourth-order valence-electron chi connectivity index (χ4n) is 4.30. The third-order valence-electron chi connectivity index (χ3n) is 6.62. The number of carbonyl (C=O) groups excluding carboxylic acids is 1. The van der Waals surface area contributed by atoms with Crippen LogP contribution in [0, 0.1) is 0 Å². The molecule has 250 valence electrons. The number of nitrogens with two attached hydrogens (primary N) is 1. The second kappa shape index (κ2) is 15.8. The molecular formula is C30H27F6N5O6. The number of carboxylic acids is 2. The summed E-state index contributed by atoms with van der Waals surface area (Å²) in [7, 11) is 0. The molecule has 1 saturated heterocycles. The second-order valence-electron chi connectivity index (χ2n) is 9.86. The summed E-state index contributed by atoms with van der Waals surface area (Å²) in [4.78, 5) is 37.0. The first kappa shape index (κ1) is 36.2. The van der Waals surface area contributed by atoms with Gasteiger partial charge in [0.1, 0.15) is 0 Å². The quantitative estimate of drug-likeness (QED) is 0.229. The Kier molecular flexibility index (Phi) is 12.1. The van der Waals surface area contributed by atoms with Crippen LogP contribution in [0.4, 0.5) is 26.3 Å². The van der Waals surface area contributed by atoms with Gasteiger partial charge in [0, 0.05) is 43.2 Å². The van der Waals surface area contributed by atoms with Gasteiger partial charge in [-0.3, -0.25) is 9.78 Å². The summed E-state index contributed by atoms with van der Waals surface area (Å²) in [5.74, 6) is -4.26. The van der Waals surface area contributed by atoms with E-state index in [9.17, 15) is 31.1 Å². The van der Waals surface area contributed by atoms with Crippen molar-refractivity contribution in [3.63, 3.8) is 0 Å². The van der Waals surface area contributed by atoms with E-state index in [0.29, 0.717) is 29.8 Å². The van der Waals surface area contributed by atoms with Crippen LogP contribution in [0.25, 0.3) is 22.9 Å². The minimum atomic E-state index is -5.08. The summed E-state index contributed by atoms with van der Waals surface area (Å²) < 4.78 is 69.3. The third kappa shape index (κ3) is 10.6. The molecule has 0 saturated carbocycles. The van der Waals surface area contributed by atoms with Gasteiger partial charge in [0.2, 0.25) is 11.8 Å². The first-order valence-corrected chi connectivity index (χ1v) is 13.6. The number of amides is 1. The van der Waals surface area contributed by atoms with Crippen LogP contribution < -0.4 is 5.73 Å². The maximum absolute atomic E-state index is 13.2. The van der Waals surface area contributed by atoms with E-state index >= 15 is 0 Å². The first-order valence-electron chi connectivity index (χ1n) is 13.6. The molecule has 1 aliphatic rings. The maximum Gasteiger partial charge on any atom is 0.490 e. The molecule has 3 heterocycles. The molecule has 0 bridgehead atoms. The van der Waals surface area contributed by atoms with Crippen LogP contribution in [0.1, 0.15) is 40.2 Å². The molecule has 0 unspecified atom stereocenters. The van der Waals surface area contributed by atoms with Crippen LogP contribution in [-0.2, 0) is 16.1 Å². The van der Waals surface area contributed by atoms with Gasteiger partial charge in [-0.05, 0) is 60.2 Å². The van der Waals surface area contributed by atoms with E-state index in [1.54, 1.807) is 12.4 Å². The SMILES string of the molecule is NCc1cccc(C2CCN(C(=O)c3cccc(-c4nnc(-c5cccnc5)o4)c3)CC2)c1.O=C(O)C(F)(F)F.O=C(O)C(F)(F)F. The van der Waals surface area contributed by atoms with E-state index in [2.05, 4.69) is 39.4 Å². The molecule has 2 aromatic heterocycles. The number of rotatable bonds is 5. The molecule has 2 aromatic carbocycles. The number of pyridine rings is 1. The van der Waals surface area contributed by atoms with Crippen molar-refractivity contribution in [3.05, 3.63) is 89.7 Å². The van der Waals surface area contributed by atoms with Gasteiger partial charge in [0.25, 0.3) is 5.91 Å². The molecule has 4 aromatic rings. The number of benzene rings is 2. The third-order valence-corrected chi connectivity index (χ3v) is 6.62. The minimum Gasteiger partial charge on any atom is -0.475 e. The highest BCUT2D eigenvalue weighted by molar-refractivity contribution is 5.95. The molecule has 5 rings (SSSR count). The van der Waals surface area contributed by atoms with Crippen molar-refractivity contribution in [1.29, 1.82) is 0 Å². The zero-order valence-corrected chi connectivity index (χ0v) is 24.2. The van der Waals surface area contributed by atoms with E-state index in [1.165, 1.54) is 5.56 Å². The summed E-state index contributed by atoms with van der Waals surface area (Å²) in [5, 5.41) is 22.5. The Hall–Kier alpha value is -5.32. The van der Waals surface area contributed by atoms with Crippen molar-refractivity contribution < 1.29 is 55.4 Å². The lowest BCUT2D eigenvalue weighted by Gasteiger charge is -2.32. The number of alkyl halides is 6. The topological polar surface area (TPSA) is 173 Å². The number of carboxylic acid groups (broad SMARTS) is 2. The Labute approximate surface area is 262 Å². The number of aromatic nitrogens is 3. The van der Waals surface area contributed by atoms with E-state index in [0.717, 1.165) is 42.6 Å². The average molecular weight is 668 g/mol. The molecule has 11 nitrogen and oxygen atoms in total. The summed E-state index contributed by atoms with van der Waals surface area (Å²) in [6, 6.07) is 19.5. The Bertz CT molecular complexity index is 1630. The number of halogens is 6. The maximum atomic E-state index is 13.2. The molecule has 17 heteroatoms. The highest BCUT2D eigenvalue weighted by Gasteiger charge is 2.39. The van der Waals surface area contributed by atoms with Crippen LogP contribution in [0.15, 0.2) is 77.5 Å². The molecule has 4 N–H and O–H groups in total. The molecule has 1 aliphatic heterocycles. The number of hydrogen-bond donors (Lipinski definition) is 3. The van der Waals surface area contributed by atoms with Gasteiger partial charge in [-0.2, -0.15) is 26.3 Å². The Morgan fingerprint density at radius 1 is 0.830 bits per heavy atom. The largest absolute Gasteiger partial charge is 0.490 e. The molecule has 47 heavy (non-hydrogen) atoms. The van der Waals surface area contributed by atoms with Crippen molar-refractivity contribution >= 4 is 17.8 Å². The zero-order chi connectivity index (χ0) is 34.8. The van der Waals surface area contributed by atoms with Gasteiger partial charge in [-0.15, -0.1) is 10.2 Å². The minimum absolute atomic E-state index is 0.0259. The molecule has 1 amide bonds. The predicted molar refractivity (Wildman–Crippen MR) is 153 cm³/mol. The summed E-state index contributed by atoms with van der Waals surface area (Å²) >= 11 is 0. The lowest BCUT2D eigenvalue weighted by Crippen LogP contribution is -2.37. The van der Waals surface area contributed by atoms with Crippen molar-refractivity contribution in [3.8, 4) is 22.9 Å². The van der Waals surface area contributed by atoms with Crippen molar-refractivity contribution in [2.75, 3.05) is 13.1 Å². The van der Waals surface area contributed by atoms with Crippen molar-refractivity contribution in [1.82, 2.24) is 20.1 Å². The van der Waals surface area contributed by atoms with Gasteiger partial charge in [0.15, 0.2) is 0 Å². The van der Waals surface area contributed by atoms with Crippen molar-refractivity contribution in [2.45, 2.75) is 37.7 Å². The standard InChI is InChI=1S/C26H25N5O2.2C2HF3O2/c27-16-18-4-1-5-20(14-18)19-9-12-31(13-10-19)26(32)22-7-2-6-21(15-22)24-29-30-25(33-24)23-8-3-11-28-17-23;2*3-2(4,5)1(6)7/h1-8,11,14-15,17,19H,9-10,12-13,16,27H2;2*(H,6,7). The normalized spacial score (nSPS) is 13.5. The fraction of sp³-hybridized carbons (Fsp3) is 0.267. The summed E-state index contributed by atoms with van der Waals surface area (Å²) in [5.41, 5.74) is 10.3. The number of piperidine rings is 1. The van der Waals surface area contributed by atoms with Gasteiger partial charge in [0.05, 0.1) is 5.56 Å². The fourth-order valence-corrected chi connectivity index (χ4v) is 4.30. The lowest BCUT2D eigenvalue weighted by molar-refractivity contribution is -0.193. The highest BCUT2D eigenvalue weighted by Crippen LogP contribution is 2.30. The molecule has 0 spiro atoms. The van der Waals surface area contributed by atoms with Crippen LogP contribution in [0.3, 0.4) is 0 Å². The van der Waals surface area contributed by atoms with Gasteiger partial charge >= 0.3 is 24.3 Å². The number of aliphatic carboxylic acids is 2. The first-order chi connectivity index (χ1) is 22.1. The molecule has 0 radical (unpaired) electrons. The number of likely N-dealkylation sites (tertiary alicyclic amines) is 1. The van der Waals surface area contributed by atoms with Gasteiger partial charge in [-0.1, -0.05) is 30.3 Å². The smallest absolute Gasteiger partial charge is 0.475 e. The van der Waals surface area contributed by atoms with Gasteiger partial charge in [-0.25, -0.2) is 9.59 Å². The molecule has 0 atom stereocenters. The van der Waals surface area contributed by atoms with E-state index in [1.807, 2.05) is 41.3 Å². The average Bonchev–Trinajstić information content (AvgIpc) is 3.55. The predicted octanol–water partition coefficient (Wildman–Crippen LogP) is 5.54. The Balaban J connectivity index is 0.000000360. The Morgan fingerprint density at radius 2 is 1.38 bits per heavy atom. The van der Waals surface area contributed by atoms with Crippen molar-refractivity contribution in [2.24, 2.45) is 5.73 Å². The summed E-state index contributed by atoms with van der Waals surface area (Å²) in [6.07, 6.45) is -4.92. The highest BCUT2D eigenvalue weighted by atomic mass is 19.4. The van der Waals surface area contributed by atoms with Gasteiger partial charge < -0.3 is 25.3 Å². The van der Waals surface area contributed by atoms with Crippen LogP contribution in [0.5, 0.6) is 0 Å². The molecule has 0 aliphatic carbocycles. The number of nitrogens with zero attached hydrogens (tertiary/aromatic N) is 4. The van der Waals surface area contributed by atoms with Crippen LogP contribution >= 0.6 is 0 Å². The monoisotopic (exact) mass is 667 g/mol. The lowest BCUT2D eigenvalue weighted by atomic mass is 9.88. The second-order valence-corrected chi connectivity index (χ2v) is 9.86. The number of hydrogen-bond acceptors (Lipinski definition) is 8.